The first-order chi connectivity index (χ1) is 15.6. The maximum absolute atomic E-state index is 13.3. The Morgan fingerprint density at radius 2 is 1.84 bits per heavy atom. The van der Waals surface area contributed by atoms with Gasteiger partial charge in [0.05, 0.1) is 16.8 Å². The summed E-state index contributed by atoms with van der Waals surface area (Å²) in [5, 5.41) is 0.772. The van der Waals surface area contributed by atoms with Crippen LogP contribution < -0.4 is 4.90 Å². The molecule has 0 aliphatic rings. The summed E-state index contributed by atoms with van der Waals surface area (Å²) in [7, 11) is 0. The predicted octanol–water partition coefficient (Wildman–Crippen LogP) is 6.67. The van der Waals surface area contributed by atoms with Crippen LogP contribution in [0.5, 0.6) is 0 Å². The number of hydrogen-bond acceptors (Lipinski definition) is 5. The lowest BCUT2D eigenvalue weighted by Gasteiger charge is -2.20. The Hall–Kier alpha value is -2.70. The summed E-state index contributed by atoms with van der Waals surface area (Å²) in [5.41, 5.74) is 4.55. The summed E-state index contributed by atoms with van der Waals surface area (Å²) < 4.78 is 1.13. The van der Waals surface area contributed by atoms with E-state index in [0.717, 1.165) is 39.5 Å². The van der Waals surface area contributed by atoms with Gasteiger partial charge in [0, 0.05) is 23.7 Å². The van der Waals surface area contributed by atoms with Crippen molar-refractivity contribution in [1.29, 1.82) is 0 Å². The number of aryl methyl sites for hydroxylation is 2. The van der Waals surface area contributed by atoms with Gasteiger partial charge in [-0.25, -0.2) is 4.98 Å². The molecule has 0 N–H and O–H groups in total. The zero-order chi connectivity index (χ0) is 22.3. The van der Waals surface area contributed by atoms with E-state index >= 15 is 0 Å². The van der Waals surface area contributed by atoms with Crippen LogP contribution in [0.15, 0.2) is 71.9 Å². The Morgan fingerprint density at radius 3 is 2.59 bits per heavy atom. The first-order valence-electron chi connectivity index (χ1n) is 10.9. The Labute approximate surface area is 197 Å². The number of carbonyl (C=O) groups is 1. The molecular weight excluding hydrogens is 434 g/mol. The molecule has 2 aromatic heterocycles. The second kappa shape index (κ2) is 10.7. The number of hydrogen-bond donors (Lipinski definition) is 0. The highest BCUT2D eigenvalue weighted by Crippen LogP contribution is 2.32. The molecule has 0 unspecified atom stereocenters. The van der Waals surface area contributed by atoms with Crippen molar-refractivity contribution < 1.29 is 4.79 Å². The third kappa shape index (κ3) is 5.56. The van der Waals surface area contributed by atoms with Crippen LogP contribution in [-0.4, -0.2) is 21.6 Å². The molecule has 4 nitrogen and oxygen atoms in total. The number of aromatic nitrogens is 2. The van der Waals surface area contributed by atoms with Crippen LogP contribution in [0.4, 0.5) is 5.13 Å². The van der Waals surface area contributed by atoms with E-state index in [1.54, 1.807) is 35.5 Å². The van der Waals surface area contributed by atoms with Crippen LogP contribution in [0.1, 0.15) is 36.5 Å². The molecule has 32 heavy (non-hydrogen) atoms. The largest absolute Gasteiger partial charge is 0.284 e. The molecule has 0 bridgehead atoms. The molecule has 164 valence electrons. The SMILES string of the molecule is CCc1cccc2sc(N(Cc3ccncc3)C(=O)CCCSc3ccc(C)cc3)nc12. The van der Waals surface area contributed by atoms with Gasteiger partial charge in [0.1, 0.15) is 0 Å². The highest BCUT2D eigenvalue weighted by molar-refractivity contribution is 7.99. The molecule has 2 aromatic carbocycles. The molecule has 0 aliphatic heterocycles. The minimum Gasteiger partial charge on any atom is -0.284 e. The van der Waals surface area contributed by atoms with Gasteiger partial charge in [-0.1, -0.05) is 48.1 Å². The number of rotatable bonds is 9. The standard InChI is InChI=1S/C26H27N3OS2/c1-3-21-6-4-7-23-25(21)28-26(32-23)29(18-20-13-15-27-16-14-20)24(30)8-5-17-31-22-11-9-19(2)10-12-22/h4,6-7,9-16H,3,5,8,17-18H2,1-2H3. The van der Waals surface area contributed by atoms with E-state index in [9.17, 15) is 4.79 Å². The Morgan fingerprint density at radius 1 is 1.06 bits per heavy atom. The maximum atomic E-state index is 13.3. The molecule has 2 heterocycles. The summed E-state index contributed by atoms with van der Waals surface area (Å²) in [6.45, 7) is 4.74. The lowest BCUT2D eigenvalue weighted by atomic mass is 10.1. The van der Waals surface area contributed by atoms with Gasteiger partial charge in [-0.05, 0) is 67.0 Å². The number of thioether (sulfide) groups is 1. The summed E-state index contributed by atoms with van der Waals surface area (Å²) in [6, 6.07) is 18.7. The van der Waals surface area contributed by atoms with Gasteiger partial charge < -0.3 is 0 Å². The molecule has 4 rings (SSSR count). The number of anilines is 1. The van der Waals surface area contributed by atoms with Gasteiger partial charge >= 0.3 is 0 Å². The van der Waals surface area contributed by atoms with Crippen molar-refractivity contribution in [2.45, 2.75) is 44.6 Å². The van der Waals surface area contributed by atoms with Crippen LogP contribution in [0, 0.1) is 6.92 Å². The average Bonchev–Trinajstić information content (AvgIpc) is 3.26. The van der Waals surface area contributed by atoms with Crippen molar-refractivity contribution in [3.63, 3.8) is 0 Å². The molecular formula is C26H27N3OS2. The van der Waals surface area contributed by atoms with Crippen molar-refractivity contribution in [3.05, 3.63) is 83.7 Å². The van der Waals surface area contributed by atoms with Crippen LogP contribution >= 0.6 is 23.1 Å². The average molecular weight is 462 g/mol. The van der Waals surface area contributed by atoms with E-state index < -0.39 is 0 Å². The van der Waals surface area contributed by atoms with Gasteiger partial charge in [-0.3, -0.25) is 14.7 Å². The van der Waals surface area contributed by atoms with Crippen LogP contribution in [0.25, 0.3) is 10.2 Å². The third-order valence-corrected chi connectivity index (χ3v) is 7.46. The number of fused-ring (bicyclic) bond motifs is 1. The quantitative estimate of drug-likeness (QED) is 0.206. The van der Waals surface area contributed by atoms with E-state index in [0.29, 0.717) is 13.0 Å². The number of para-hydroxylation sites is 1. The van der Waals surface area contributed by atoms with E-state index in [1.807, 2.05) is 17.0 Å². The maximum Gasteiger partial charge on any atom is 0.229 e. The lowest BCUT2D eigenvalue weighted by molar-refractivity contribution is -0.118. The van der Waals surface area contributed by atoms with E-state index in [-0.39, 0.29) is 5.91 Å². The highest BCUT2D eigenvalue weighted by atomic mass is 32.2. The predicted molar refractivity (Wildman–Crippen MR) is 136 cm³/mol. The molecule has 0 spiro atoms. The molecule has 0 aliphatic carbocycles. The number of amides is 1. The van der Waals surface area contributed by atoms with Crippen molar-refractivity contribution in [3.8, 4) is 0 Å². The topological polar surface area (TPSA) is 46.1 Å². The summed E-state index contributed by atoms with van der Waals surface area (Å²) in [5.74, 6) is 1.03. The number of carbonyl (C=O) groups excluding carboxylic acids is 1. The van der Waals surface area contributed by atoms with Crippen molar-refractivity contribution in [2.75, 3.05) is 10.7 Å². The molecule has 0 atom stereocenters. The molecule has 0 fully saturated rings. The normalized spacial score (nSPS) is 11.1. The molecule has 4 aromatic rings. The second-order valence-electron chi connectivity index (χ2n) is 7.71. The minimum atomic E-state index is 0.114. The molecule has 0 saturated carbocycles. The smallest absolute Gasteiger partial charge is 0.229 e. The fourth-order valence-corrected chi connectivity index (χ4v) is 5.39. The summed E-state index contributed by atoms with van der Waals surface area (Å²) in [6.07, 6.45) is 5.79. The number of thiazole rings is 1. The molecule has 1 amide bonds. The zero-order valence-corrected chi connectivity index (χ0v) is 20.1. The van der Waals surface area contributed by atoms with Crippen molar-refractivity contribution in [2.24, 2.45) is 0 Å². The van der Waals surface area contributed by atoms with Crippen LogP contribution in [0.3, 0.4) is 0 Å². The Bertz CT molecular complexity index is 1170. The van der Waals surface area contributed by atoms with Gasteiger partial charge in [0.15, 0.2) is 5.13 Å². The van der Waals surface area contributed by atoms with Crippen LogP contribution in [0.2, 0.25) is 0 Å². The van der Waals surface area contributed by atoms with Crippen LogP contribution in [-0.2, 0) is 17.8 Å². The number of nitrogens with zero attached hydrogens (tertiary/aromatic N) is 3. The van der Waals surface area contributed by atoms with Crippen molar-refractivity contribution in [1.82, 2.24) is 9.97 Å². The molecule has 0 saturated heterocycles. The van der Waals surface area contributed by atoms with E-state index in [2.05, 4.69) is 61.3 Å². The Balaban J connectivity index is 1.48. The third-order valence-electron chi connectivity index (χ3n) is 5.32. The summed E-state index contributed by atoms with van der Waals surface area (Å²) >= 11 is 3.39. The highest BCUT2D eigenvalue weighted by Gasteiger charge is 2.20. The number of pyridine rings is 1. The van der Waals surface area contributed by atoms with Gasteiger partial charge in [0.25, 0.3) is 0 Å². The second-order valence-corrected chi connectivity index (χ2v) is 9.89. The first kappa shape index (κ1) is 22.5. The number of benzene rings is 2. The first-order valence-corrected chi connectivity index (χ1v) is 12.7. The van der Waals surface area contributed by atoms with E-state index in [1.165, 1.54) is 16.0 Å². The van der Waals surface area contributed by atoms with Gasteiger partial charge in [0.2, 0.25) is 5.91 Å². The lowest BCUT2D eigenvalue weighted by Crippen LogP contribution is -2.30. The minimum absolute atomic E-state index is 0.114. The monoisotopic (exact) mass is 461 g/mol. The zero-order valence-electron chi connectivity index (χ0n) is 18.5. The van der Waals surface area contributed by atoms with Gasteiger partial charge in [-0.15, -0.1) is 11.8 Å². The van der Waals surface area contributed by atoms with Crippen molar-refractivity contribution >= 4 is 44.4 Å². The van der Waals surface area contributed by atoms with Gasteiger partial charge in [-0.2, -0.15) is 0 Å². The van der Waals surface area contributed by atoms with E-state index in [4.69, 9.17) is 4.98 Å². The molecule has 6 heteroatoms. The fourth-order valence-electron chi connectivity index (χ4n) is 3.51. The molecule has 0 radical (unpaired) electrons. The summed E-state index contributed by atoms with van der Waals surface area (Å²) in [4.78, 5) is 25.4. The Kier molecular flexibility index (Phi) is 7.55. The fraction of sp³-hybridized carbons (Fsp3) is 0.269.